The molecule has 1 aromatic carbocycles. The molecule has 2 atom stereocenters. The fraction of sp³-hybridized carbons (Fsp3) is 0.550. The lowest BCUT2D eigenvalue weighted by molar-refractivity contribution is -0.120. The summed E-state index contributed by atoms with van der Waals surface area (Å²) in [5, 5.41) is 11.9. The van der Waals surface area contributed by atoms with Crippen LogP contribution in [0.1, 0.15) is 25.3 Å². The molecule has 7 nitrogen and oxygen atoms in total. The third kappa shape index (κ3) is 6.05. The number of rotatable bonds is 10. The molecule has 1 fully saturated rings. The Kier molecular flexibility index (Phi) is 7.88. The maximum absolute atomic E-state index is 12.6. The monoisotopic (exact) mass is 403 g/mol. The van der Waals surface area contributed by atoms with Crippen LogP contribution in [-0.4, -0.2) is 63.7 Å². The van der Waals surface area contributed by atoms with Crippen molar-refractivity contribution in [3.8, 4) is 0 Å². The molecule has 2 unspecified atom stereocenters. The second-order valence-corrected chi connectivity index (χ2v) is 8.44. The number of hydrogen-bond donors (Lipinski definition) is 1. The first kappa shape index (κ1) is 20.8. The van der Waals surface area contributed by atoms with Crippen molar-refractivity contribution in [2.45, 2.75) is 49.3 Å². The van der Waals surface area contributed by atoms with Crippen molar-refractivity contribution in [3.63, 3.8) is 0 Å². The lowest BCUT2D eigenvalue weighted by Gasteiger charge is -2.18. The second kappa shape index (κ2) is 10.6. The fourth-order valence-electron chi connectivity index (χ4n) is 3.33. The zero-order valence-electron chi connectivity index (χ0n) is 16.6. The first-order valence-electron chi connectivity index (χ1n) is 9.75. The van der Waals surface area contributed by atoms with Crippen LogP contribution in [0.3, 0.4) is 0 Å². The molecular weight excluding hydrogens is 374 g/mol. The molecule has 0 bridgehead atoms. The van der Waals surface area contributed by atoms with Gasteiger partial charge in [0, 0.05) is 45.9 Å². The summed E-state index contributed by atoms with van der Waals surface area (Å²) in [6.45, 7) is 6.24. The summed E-state index contributed by atoms with van der Waals surface area (Å²) in [6.07, 6.45) is 3.59. The number of likely N-dealkylation sites (tertiary alicyclic amines) is 1. The molecule has 1 N–H and O–H groups in total. The van der Waals surface area contributed by atoms with E-state index in [2.05, 4.69) is 44.7 Å². The summed E-state index contributed by atoms with van der Waals surface area (Å²) in [5.74, 6) is 0.0583. The summed E-state index contributed by atoms with van der Waals surface area (Å²) < 4.78 is 7.07. The van der Waals surface area contributed by atoms with Crippen molar-refractivity contribution in [2.75, 3.05) is 26.8 Å². The molecule has 8 heteroatoms. The van der Waals surface area contributed by atoms with Crippen molar-refractivity contribution in [1.29, 1.82) is 0 Å². The number of aryl methyl sites for hydroxylation is 1. The van der Waals surface area contributed by atoms with E-state index in [0.29, 0.717) is 6.61 Å². The van der Waals surface area contributed by atoms with Crippen LogP contribution in [0.25, 0.3) is 0 Å². The minimum atomic E-state index is -0.214. The summed E-state index contributed by atoms with van der Waals surface area (Å²) in [6, 6.07) is 10.7. The number of nitrogens with zero attached hydrogens (tertiary/aromatic N) is 4. The Morgan fingerprint density at radius 2 is 2.21 bits per heavy atom. The van der Waals surface area contributed by atoms with Gasteiger partial charge in [0.15, 0.2) is 5.16 Å². The Hall–Kier alpha value is -1.90. The van der Waals surface area contributed by atoms with Crippen LogP contribution in [-0.2, 0) is 22.6 Å². The number of aromatic nitrogens is 3. The van der Waals surface area contributed by atoms with Gasteiger partial charge in [-0.05, 0) is 25.3 Å². The van der Waals surface area contributed by atoms with Crippen molar-refractivity contribution in [2.24, 2.45) is 0 Å². The summed E-state index contributed by atoms with van der Waals surface area (Å²) >= 11 is 1.45. The van der Waals surface area contributed by atoms with E-state index >= 15 is 0 Å². The van der Waals surface area contributed by atoms with E-state index in [-0.39, 0.29) is 17.2 Å². The number of methoxy groups -OCH3 is 1. The predicted molar refractivity (Wildman–Crippen MR) is 110 cm³/mol. The highest BCUT2D eigenvalue weighted by Crippen LogP contribution is 2.22. The van der Waals surface area contributed by atoms with E-state index < -0.39 is 0 Å². The molecule has 1 aliphatic heterocycles. The molecule has 0 saturated carbocycles. The van der Waals surface area contributed by atoms with Crippen molar-refractivity contribution >= 4 is 17.7 Å². The Balaban J connectivity index is 1.44. The van der Waals surface area contributed by atoms with Crippen LogP contribution in [0.15, 0.2) is 41.8 Å². The van der Waals surface area contributed by atoms with Gasteiger partial charge in [-0.15, -0.1) is 10.2 Å². The van der Waals surface area contributed by atoms with Gasteiger partial charge in [0.2, 0.25) is 5.91 Å². The van der Waals surface area contributed by atoms with Gasteiger partial charge in [-0.25, -0.2) is 0 Å². The number of amides is 1. The van der Waals surface area contributed by atoms with Crippen LogP contribution in [0, 0.1) is 0 Å². The molecule has 2 heterocycles. The Labute approximate surface area is 170 Å². The van der Waals surface area contributed by atoms with E-state index in [1.807, 2.05) is 17.6 Å². The summed E-state index contributed by atoms with van der Waals surface area (Å²) in [7, 11) is 1.69. The largest absolute Gasteiger partial charge is 0.385 e. The van der Waals surface area contributed by atoms with E-state index in [1.165, 1.54) is 17.3 Å². The van der Waals surface area contributed by atoms with Crippen molar-refractivity contribution < 1.29 is 9.53 Å². The van der Waals surface area contributed by atoms with Crippen LogP contribution < -0.4 is 5.32 Å². The number of nitrogens with one attached hydrogen (secondary N) is 1. The van der Waals surface area contributed by atoms with Crippen LogP contribution in [0.4, 0.5) is 0 Å². The first-order valence-corrected chi connectivity index (χ1v) is 10.6. The average Bonchev–Trinajstić information content (AvgIpc) is 3.32. The smallest absolute Gasteiger partial charge is 0.233 e. The van der Waals surface area contributed by atoms with Crippen LogP contribution >= 0.6 is 11.8 Å². The second-order valence-electron chi connectivity index (χ2n) is 7.13. The topological polar surface area (TPSA) is 72.3 Å². The van der Waals surface area contributed by atoms with E-state index in [1.54, 1.807) is 13.4 Å². The summed E-state index contributed by atoms with van der Waals surface area (Å²) in [4.78, 5) is 15.0. The number of hydrogen-bond acceptors (Lipinski definition) is 6. The number of carbonyl (C=O) groups excluding carboxylic acids is 1. The third-order valence-corrected chi connectivity index (χ3v) is 5.94. The van der Waals surface area contributed by atoms with Gasteiger partial charge in [-0.2, -0.15) is 0 Å². The van der Waals surface area contributed by atoms with Gasteiger partial charge < -0.3 is 14.6 Å². The van der Waals surface area contributed by atoms with Crippen molar-refractivity contribution in [3.05, 3.63) is 42.2 Å². The molecule has 1 saturated heterocycles. The number of ether oxygens (including phenoxy) is 1. The van der Waals surface area contributed by atoms with Gasteiger partial charge in [0.25, 0.3) is 0 Å². The van der Waals surface area contributed by atoms with E-state index in [4.69, 9.17) is 4.74 Å². The van der Waals surface area contributed by atoms with Gasteiger partial charge >= 0.3 is 0 Å². The van der Waals surface area contributed by atoms with Gasteiger partial charge in [0.05, 0.1) is 5.25 Å². The Morgan fingerprint density at radius 3 is 3.00 bits per heavy atom. The minimum Gasteiger partial charge on any atom is -0.385 e. The maximum atomic E-state index is 12.6. The highest BCUT2D eigenvalue weighted by atomic mass is 32.2. The molecular formula is C20H29N5O2S. The van der Waals surface area contributed by atoms with Gasteiger partial charge in [0.1, 0.15) is 6.33 Å². The minimum absolute atomic E-state index is 0.0583. The van der Waals surface area contributed by atoms with E-state index in [0.717, 1.165) is 44.2 Å². The number of thioether (sulfide) groups is 1. The normalized spacial score (nSPS) is 18.3. The fourth-order valence-corrected chi connectivity index (χ4v) is 4.19. The van der Waals surface area contributed by atoms with Crippen LogP contribution in [0.5, 0.6) is 0 Å². The third-order valence-electron chi connectivity index (χ3n) is 4.85. The molecule has 1 amide bonds. The van der Waals surface area contributed by atoms with E-state index in [9.17, 15) is 4.79 Å². The molecule has 0 spiro atoms. The molecule has 3 rings (SSSR count). The highest BCUT2D eigenvalue weighted by molar-refractivity contribution is 8.00. The average molecular weight is 404 g/mol. The number of carbonyl (C=O) groups is 1. The van der Waals surface area contributed by atoms with Gasteiger partial charge in [-0.1, -0.05) is 42.1 Å². The van der Waals surface area contributed by atoms with Gasteiger partial charge in [-0.3, -0.25) is 9.69 Å². The highest BCUT2D eigenvalue weighted by Gasteiger charge is 2.26. The molecule has 2 aromatic rings. The Morgan fingerprint density at radius 1 is 1.39 bits per heavy atom. The lowest BCUT2D eigenvalue weighted by atomic mass is 10.2. The first-order chi connectivity index (χ1) is 13.7. The zero-order valence-corrected chi connectivity index (χ0v) is 17.4. The quantitative estimate of drug-likeness (QED) is 0.484. The molecule has 28 heavy (non-hydrogen) atoms. The maximum Gasteiger partial charge on any atom is 0.233 e. The molecule has 1 aliphatic rings. The summed E-state index contributed by atoms with van der Waals surface area (Å²) in [5.41, 5.74) is 1.31. The molecule has 152 valence electrons. The standard InChI is InChI=1S/C20H29N5O2S/c1-16(28-20-23-21-15-25(20)10-6-12-27-2)19(26)22-18-9-11-24(14-18)13-17-7-4-3-5-8-17/h3-5,7-8,15-16,18H,6,9-14H2,1-2H3,(H,22,26). The number of benzene rings is 1. The molecule has 0 radical (unpaired) electrons. The zero-order chi connectivity index (χ0) is 19.8. The molecule has 1 aromatic heterocycles. The van der Waals surface area contributed by atoms with Crippen LogP contribution in [0.2, 0.25) is 0 Å². The SMILES string of the molecule is COCCCn1cnnc1SC(C)C(=O)NC1CCN(Cc2ccccc2)C1. The Bertz CT molecular complexity index is 739. The predicted octanol–water partition coefficient (Wildman–Crippen LogP) is 2.19. The molecule has 0 aliphatic carbocycles. The lowest BCUT2D eigenvalue weighted by Crippen LogP contribution is -2.40. The van der Waals surface area contributed by atoms with Crippen molar-refractivity contribution in [1.82, 2.24) is 25.0 Å².